The van der Waals surface area contributed by atoms with Crippen LogP contribution in [0.15, 0.2) is 48.1 Å². The number of aliphatic carboxylic acids is 1. The van der Waals surface area contributed by atoms with E-state index in [0.29, 0.717) is 5.56 Å². The standard InChI is InChI=1S/C39H56N6O10/c1-22(2)27(21-23(3)33(49)42-26(37(54)55)15-16-28(46)41-19-20-45-29(47)17-18-30(45)48)44(10)35(51)32(38(4,5)6)43-34(50)31(40-9)39(7,8)25-13-11-24(12-14-25)36(52)53/h11-14,17-18,21-22,26-27,31-32,40H,15-16,19-20H2,1-10H3,(H,41,46)(H,42,49)(H,43,50)(H,52,53)(H,54,55)/b23-21+/t26-,27-,31-,32?/m1/s1. The van der Waals surface area contributed by atoms with Crippen LogP contribution >= 0.6 is 0 Å². The summed E-state index contributed by atoms with van der Waals surface area (Å²) in [5, 5.41) is 30.0. The Labute approximate surface area is 322 Å². The summed E-state index contributed by atoms with van der Waals surface area (Å²) in [6.45, 7) is 14.2. The first-order valence-electron chi connectivity index (χ1n) is 18.0. The van der Waals surface area contributed by atoms with Crippen LogP contribution in [0.4, 0.5) is 0 Å². The molecule has 0 bridgehead atoms. The summed E-state index contributed by atoms with van der Waals surface area (Å²) in [6, 6.07) is 2.35. The maximum Gasteiger partial charge on any atom is 0.335 e. The van der Waals surface area contributed by atoms with Gasteiger partial charge in [0.25, 0.3) is 11.8 Å². The minimum absolute atomic E-state index is 0.0227. The second-order valence-corrected chi connectivity index (χ2v) is 15.6. The van der Waals surface area contributed by atoms with Gasteiger partial charge in [-0.15, -0.1) is 0 Å². The lowest BCUT2D eigenvalue weighted by Gasteiger charge is -2.40. The average molecular weight is 769 g/mol. The molecule has 0 aromatic heterocycles. The average Bonchev–Trinajstić information content (AvgIpc) is 3.42. The maximum absolute atomic E-state index is 14.2. The minimum Gasteiger partial charge on any atom is -0.480 e. The fraction of sp³-hybridized carbons (Fsp3) is 0.538. The number of aromatic carboxylic acids is 1. The predicted molar refractivity (Wildman–Crippen MR) is 203 cm³/mol. The van der Waals surface area contributed by atoms with Crippen molar-refractivity contribution >= 4 is 47.4 Å². The van der Waals surface area contributed by atoms with Gasteiger partial charge in [-0.3, -0.25) is 33.7 Å². The summed E-state index contributed by atoms with van der Waals surface area (Å²) in [5.41, 5.74) is -0.639. The highest BCUT2D eigenvalue weighted by atomic mass is 16.4. The zero-order valence-electron chi connectivity index (χ0n) is 33.3. The second-order valence-electron chi connectivity index (χ2n) is 15.6. The van der Waals surface area contributed by atoms with Gasteiger partial charge in [-0.1, -0.05) is 66.7 Å². The third kappa shape index (κ3) is 12.3. The van der Waals surface area contributed by atoms with Crippen molar-refractivity contribution in [2.75, 3.05) is 27.2 Å². The lowest BCUT2D eigenvalue weighted by molar-refractivity contribution is -0.142. The van der Waals surface area contributed by atoms with Gasteiger partial charge in [-0.25, -0.2) is 9.59 Å². The van der Waals surface area contributed by atoms with Gasteiger partial charge in [0.15, 0.2) is 0 Å². The van der Waals surface area contributed by atoms with E-state index in [9.17, 15) is 48.6 Å². The molecule has 6 N–H and O–H groups in total. The highest BCUT2D eigenvalue weighted by Gasteiger charge is 2.42. The van der Waals surface area contributed by atoms with Crippen LogP contribution in [0.1, 0.15) is 84.2 Å². The molecule has 0 radical (unpaired) electrons. The van der Waals surface area contributed by atoms with Crippen molar-refractivity contribution in [2.45, 2.75) is 97.8 Å². The Bertz CT molecular complexity index is 1670. The monoisotopic (exact) mass is 768 g/mol. The number of likely N-dealkylation sites (N-methyl/N-ethyl adjacent to an activating group) is 2. The molecule has 2 rings (SSSR count). The molecule has 1 aromatic rings. The lowest BCUT2D eigenvalue weighted by Crippen LogP contribution is -2.61. The first kappa shape index (κ1) is 45.8. The van der Waals surface area contributed by atoms with Gasteiger partial charge in [0.05, 0.1) is 17.6 Å². The molecule has 4 atom stereocenters. The molecule has 0 spiro atoms. The molecule has 1 aromatic carbocycles. The van der Waals surface area contributed by atoms with Crippen molar-refractivity contribution in [1.82, 2.24) is 31.1 Å². The highest BCUT2D eigenvalue weighted by molar-refractivity contribution is 6.12. The summed E-state index contributed by atoms with van der Waals surface area (Å²) < 4.78 is 0. The Balaban J connectivity index is 2.17. The molecule has 0 fully saturated rings. The van der Waals surface area contributed by atoms with Crippen LogP contribution in [0.5, 0.6) is 0 Å². The number of benzene rings is 1. The zero-order valence-corrected chi connectivity index (χ0v) is 33.3. The summed E-state index contributed by atoms with van der Waals surface area (Å²) >= 11 is 0. The molecular weight excluding hydrogens is 712 g/mol. The van der Waals surface area contributed by atoms with Crippen LogP contribution in [0.25, 0.3) is 0 Å². The Kier molecular flexibility index (Phi) is 16.0. The van der Waals surface area contributed by atoms with Gasteiger partial charge in [0, 0.05) is 49.7 Å². The van der Waals surface area contributed by atoms with Gasteiger partial charge in [-0.05, 0) is 49.4 Å². The third-order valence-corrected chi connectivity index (χ3v) is 9.63. The van der Waals surface area contributed by atoms with E-state index in [4.69, 9.17) is 0 Å². The van der Waals surface area contributed by atoms with Gasteiger partial charge >= 0.3 is 11.9 Å². The first-order valence-corrected chi connectivity index (χ1v) is 18.0. The number of carbonyl (C=O) groups excluding carboxylic acids is 6. The molecule has 16 nitrogen and oxygen atoms in total. The smallest absolute Gasteiger partial charge is 0.335 e. The van der Waals surface area contributed by atoms with Crippen LogP contribution in [0.3, 0.4) is 0 Å². The predicted octanol–water partition coefficient (Wildman–Crippen LogP) is 1.60. The molecule has 1 aliphatic heterocycles. The van der Waals surface area contributed by atoms with Gasteiger partial charge in [-0.2, -0.15) is 0 Å². The molecule has 1 heterocycles. The van der Waals surface area contributed by atoms with E-state index in [1.807, 2.05) is 48.5 Å². The topological polar surface area (TPSA) is 232 Å². The molecule has 0 saturated carbocycles. The van der Waals surface area contributed by atoms with Crippen molar-refractivity contribution in [3.05, 3.63) is 59.2 Å². The van der Waals surface area contributed by atoms with Crippen LogP contribution in [-0.2, 0) is 39.0 Å². The Hall–Kier alpha value is -5.38. The van der Waals surface area contributed by atoms with Crippen LogP contribution in [0.2, 0.25) is 0 Å². The van der Waals surface area contributed by atoms with Crippen molar-refractivity contribution in [3.8, 4) is 0 Å². The number of carbonyl (C=O) groups is 8. The Morgan fingerprint density at radius 3 is 1.93 bits per heavy atom. The normalized spacial score (nSPS) is 15.6. The van der Waals surface area contributed by atoms with Crippen molar-refractivity contribution in [3.63, 3.8) is 0 Å². The number of carboxylic acids is 2. The van der Waals surface area contributed by atoms with Crippen LogP contribution < -0.4 is 21.3 Å². The fourth-order valence-corrected chi connectivity index (χ4v) is 6.19. The Morgan fingerprint density at radius 2 is 1.45 bits per heavy atom. The number of nitrogens with zero attached hydrogens (tertiary/aromatic N) is 2. The molecule has 0 saturated heterocycles. The molecule has 0 aliphatic carbocycles. The van der Waals surface area contributed by atoms with E-state index < -0.39 is 82.4 Å². The molecule has 16 heteroatoms. The number of carboxylic acid groups (broad SMARTS) is 2. The molecule has 1 aliphatic rings. The number of nitrogens with one attached hydrogen (secondary N) is 4. The molecular formula is C39H56N6O10. The van der Waals surface area contributed by atoms with Crippen molar-refractivity contribution in [1.29, 1.82) is 0 Å². The summed E-state index contributed by atoms with van der Waals surface area (Å²) in [4.78, 5) is 103. The largest absolute Gasteiger partial charge is 0.480 e. The van der Waals surface area contributed by atoms with Gasteiger partial charge in [0.2, 0.25) is 23.6 Å². The van der Waals surface area contributed by atoms with Crippen molar-refractivity contribution in [2.24, 2.45) is 11.3 Å². The SMILES string of the molecule is CN[C@H](C(=O)NC(C(=O)N(C)[C@H](/C=C(\C)C(=O)N[C@H](CCC(=O)NCCN1C(=O)C=CC1=O)C(=O)O)C(C)C)C(C)(C)C)C(C)(C)c1ccc(C(=O)O)cc1. The van der Waals surface area contributed by atoms with Crippen molar-refractivity contribution < 1.29 is 48.6 Å². The van der Waals surface area contributed by atoms with Gasteiger partial charge in [0.1, 0.15) is 12.1 Å². The number of rotatable bonds is 19. The quantitative estimate of drug-likeness (QED) is 0.0875. The third-order valence-electron chi connectivity index (χ3n) is 9.63. The zero-order chi connectivity index (χ0) is 42.0. The van der Waals surface area contributed by atoms with Crippen LogP contribution in [0, 0.1) is 11.3 Å². The minimum atomic E-state index is -1.41. The van der Waals surface area contributed by atoms with E-state index in [2.05, 4.69) is 21.3 Å². The number of imide groups is 1. The second kappa shape index (κ2) is 19.3. The van der Waals surface area contributed by atoms with E-state index in [1.165, 1.54) is 24.0 Å². The van der Waals surface area contributed by atoms with E-state index in [-0.39, 0.29) is 43.0 Å². The number of amides is 6. The summed E-state index contributed by atoms with van der Waals surface area (Å²) in [5.74, 6) is -5.74. The molecule has 6 amide bonds. The number of hydrogen-bond acceptors (Lipinski definition) is 9. The van der Waals surface area contributed by atoms with E-state index in [1.54, 1.807) is 32.3 Å². The maximum atomic E-state index is 14.2. The van der Waals surface area contributed by atoms with Crippen LogP contribution in [-0.4, -0.2) is 119 Å². The molecule has 55 heavy (non-hydrogen) atoms. The van der Waals surface area contributed by atoms with Gasteiger partial charge < -0.3 is 36.4 Å². The molecule has 302 valence electrons. The molecule has 1 unspecified atom stereocenters. The highest BCUT2D eigenvalue weighted by Crippen LogP contribution is 2.29. The summed E-state index contributed by atoms with van der Waals surface area (Å²) in [6.07, 6.45) is 3.32. The first-order chi connectivity index (χ1) is 25.4. The number of hydrogen-bond donors (Lipinski definition) is 6. The van der Waals surface area contributed by atoms with E-state index >= 15 is 0 Å². The van der Waals surface area contributed by atoms with E-state index in [0.717, 1.165) is 17.1 Å². The summed E-state index contributed by atoms with van der Waals surface area (Å²) in [7, 11) is 3.19. The lowest BCUT2D eigenvalue weighted by atomic mass is 9.76. The Morgan fingerprint density at radius 1 is 0.891 bits per heavy atom. The fourth-order valence-electron chi connectivity index (χ4n) is 6.19.